The molecule has 1 atom stereocenters. The van der Waals surface area contributed by atoms with Crippen LogP contribution in [0.25, 0.3) is 0 Å². The highest BCUT2D eigenvalue weighted by atomic mass is 16.3. The normalized spacial score (nSPS) is 12.2. The molecule has 0 aliphatic carbocycles. The van der Waals surface area contributed by atoms with Gasteiger partial charge in [0, 0.05) is 25.4 Å². The van der Waals surface area contributed by atoms with Crippen LogP contribution in [0.5, 0.6) is 0 Å². The standard InChI is InChI=1S/C17H29N3O2/c1-4-6-14(9-10-21)12-18-17(22)19-16-8-5-7-15(11-16)13-20(2)3/h5,7-8,11,14,21H,4,6,9-10,12-13H2,1-3H3,(H2,18,19,22). The molecule has 0 radical (unpaired) electrons. The van der Waals surface area contributed by atoms with E-state index in [1.807, 2.05) is 38.4 Å². The molecule has 1 aromatic carbocycles. The Balaban J connectivity index is 2.47. The van der Waals surface area contributed by atoms with Crippen LogP contribution < -0.4 is 10.6 Å². The number of nitrogens with zero attached hydrogens (tertiary/aromatic N) is 1. The Hall–Kier alpha value is -1.59. The zero-order valence-electron chi connectivity index (χ0n) is 13.9. The average Bonchev–Trinajstić information content (AvgIpc) is 2.45. The summed E-state index contributed by atoms with van der Waals surface area (Å²) in [5, 5.41) is 14.8. The predicted molar refractivity (Wildman–Crippen MR) is 91.0 cm³/mol. The molecule has 0 aliphatic heterocycles. The van der Waals surface area contributed by atoms with E-state index in [0.717, 1.165) is 37.1 Å². The van der Waals surface area contributed by atoms with Crippen LogP contribution in [0.4, 0.5) is 10.5 Å². The smallest absolute Gasteiger partial charge is 0.319 e. The molecule has 0 saturated heterocycles. The first-order chi connectivity index (χ1) is 10.5. The first-order valence-corrected chi connectivity index (χ1v) is 7.94. The number of aliphatic hydroxyl groups excluding tert-OH is 1. The number of benzene rings is 1. The van der Waals surface area contributed by atoms with Gasteiger partial charge in [-0.3, -0.25) is 0 Å². The number of nitrogens with one attached hydrogen (secondary N) is 2. The van der Waals surface area contributed by atoms with E-state index in [0.29, 0.717) is 12.5 Å². The Morgan fingerprint density at radius 1 is 1.32 bits per heavy atom. The van der Waals surface area contributed by atoms with E-state index in [9.17, 15) is 4.79 Å². The number of anilines is 1. The van der Waals surface area contributed by atoms with E-state index >= 15 is 0 Å². The lowest BCUT2D eigenvalue weighted by Gasteiger charge is -2.16. The fraction of sp³-hybridized carbons (Fsp3) is 0.588. The van der Waals surface area contributed by atoms with Gasteiger partial charge in [0.05, 0.1) is 0 Å². The summed E-state index contributed by atoms with van der Waals surface area (Å²) in [5.41, 5.74) is 1.96. The maximum atomic E-state index is 12.0. The summed E-state index contributed by atoms with van der Waals surface area (Å²) in [4.78, 5) is 14.1. The van der Waals surface area contributed by atoms with E-state index in [-0.39, 0.29) is 12.6 Å². The lowest BCUT2D eigenvalue weighted by molar-refractivity contribution is 0.237. The van der Waals surface area contributed by atoms with Crippen LogP contribution in [0, 0.1) is 5.92 Å². The van der Waals surface area contributed by atoms with E-state index in [4.69, 9.17) is 5.11 Å². The third-order valence-electron chi connectivity index (χ3n) is 3.47. The fourth-order valence-electron chi connectivity index (χ4n) is 2.46. The molecular weight excluding hydrogens is 278 g/mol. The van der Waals surface area contributed by atoms with Gasteiger partial charge in [-0.1, -0.05) is 25.5 Å². The summed E-state index contributed by atoms with van der Waals surface area (Å²) in [6, 6.07) is 7.66. The maximum absolute atomic E-state index is 12.0. The van der Waals surface area contributed by atoms with Gasteiger partial charge in [0.1, 0.15) is 0 Å². The van der Waals surface area contributed by atoms with Crippen LogP contribution >= 0.6 is 0 Å². The molecule has 1 unspecified atom stereocenters. The summed E-state index contributed by atoms with van der Waals surface area (Å²) in [5.74, 6) is 0.334. The highest BCUT2D eigenvalue weighted by Crippen LogP contribution is 2.12. The van der Waals surface area contributed by atoms with Crippen molar-refractivity contribution in [2.24, 2.45) is 5.92 Å². The third-order valence-corrected chi connectivity index (χ3v) is 3.47. The van der Waals surface area contributed by atoms with Crippen molar-refractivity contribution >= 4 is 11.7 Å². The molecule has 5 heteroatoms. The van der Waals surface area contributed by atoms with Crippen molar-refractivity contribution in [2.75, 3.05) is 32.6 Å². The number of aliphatic hydroxyl groups is 1. The van der Waals surface area contributed by atoms with Crippen LogP contribution in [-0.2, 0) is 6.54 Å². The van der Waals surface area contributed by atoms with E-state index in [1.54, 1.807) is 0 Å². The average molecular weight is 307 g/mol. The minimum atomic E-state index is -0.193. The molecular formula is C17H29N3O2. The van der Waals surface area contributed by atoms with Gasteiger partial charge in [0.2, 0.25) is 0 Å². The minimum Gasteiger partial charge on any atom is -0.396 e. The number of urea groups is 1. The molecule has 0 aromatic heterocycles. The molecule has 1 rings (SSSR count). The number of rotatable bonds is 9. The van der Waals surface area contributed by atoms with Gasteiger partial charge in [-0.2, -0.15) is 0 Å². The van der Waals surface area contributed by atoms with Gasteiger partial charge >= 0.3 is 6.03 Å². The molecule has 22 heavy (non-hydrogen) atoms. The zero-order chi connectivity index (χ0) is 16.4. The number of carbonyl (C=O) groups excluding carboxylic acids is 1. The Kier molecular flexibility index (Phi) is 8.55. The largest absolute Gasteiger partial charge is 0.396 e. The van der Waals surface area contributed by atoms with Gasteiger partial charge in [-0.05, 0) is 50.6 Å². The van der Waals surface area contributed by atoms with Gasteiger partial charge in [-0.15, -0.1) is 0 Å². The van der Waals surface area contributed by atoms with Crippen molar-refractivity contribution in [1.29, 1.82) is 0 Å². The van der Waals surface area contributed by atoms with Gasteiger partial charge in [0.25, 0.3) is 0 Å². The molecule has 0 aliphatic rings. The predicted octanol–water partition coefficient (Wildman–Crippen LogP) is 2.67. The molecule has 124 valence electrons. The third kappa shape index (κ3) is 7.43. The summed E-state index contributed by atoms with van der Waals surface area (Å²) in [6.07, 6.45) is 2.80. The Morgan fingerprint density at radius 3 is 2.73 bits per heavy atom. The van der Waals surface area contributed by atoms with Gasteiger partial charge < -0.3 is 20.6 Å². The van der Waals surface area contributed by atoms with Crippen LogP contribution in [0.3, 0.4) is 0 Å². The van der Waals surface area contributed by atoms with Crippen molar-refractivity contribution in [3.8, 4) is 0 Å². The highest BCUT2D eigenvalue weighted by Gasteiger charge is 2.09. The highest BCUT2D eigenvalue weighted by molar-refractivity contribution is 5.89. The van der Waals surface area contributed by atoms with Gasteiger partial charge in [-0.25, -0.2) is 4.79 Å². The Bertz CT molecular complexity index is 443. The number of amides is 2. The second kappa shape index (κ2) is 10.2. The van der Waals surface area contributed by atoms with Crippen LogP contribution in [0.15, 0.2) is 24.3 Å². The monoisotopic (exact) mass is 307 g/mol. The lowest BCUT2D eigenvalue weighted by Crippen LogP contribution is -2.33. The minimum absolute atomic E-state index is 0.167. The van der Waals surface area contributed by atoms with Crippen molar-refractivity contribution < 1.29 is 9.90 Å². The second-order valence-corrected chi connectivity index (χ2v) is 5.94. The molecule has 0 spiro atoms. The van der Waals surface area contributed by atoms with E-state index < -0.39 is 0 Å². The summed E-state index contributed by atoms with van der Waals surface area (Å²) < 4.78 is 0. The molecule has 0 fully saturated rings. The van der Waals surface area contributed by atoms with Crippen molar-refractivity contribution in [3.05, 3.63) is 29.8 Å². The van der Waals surface area contributed by atoms with E-state index in [1.165, 1.54) is 0 Å². The molecule has 3 N–H and O–H groups in total. The number of hydrogen-bond acceptors (Lipinski definition) is 3. The van der Waals surface area contributed by atoms with Crippen molar-refractivity contribution in [2.45, 2.75) is 32.7 Å². The quantitative estimate of drug-likeness (QED) is 0.657. The van der Waals surface area contributed by atoms with Crippen LogP contribution in [-0.4, -0.2) is 43.3 Å². The zero-order valence-corrected chi connectivity index (χ0v) is 13.9. The molecule has 1 aromatic rings. The molecule has 0 saturated carbocycles. The van der Waals surface area contributed by atoms with Crippen LogP contribution in [0.1, 0.15) is 31.7 Å². The van der Waals surface area contributed by atoms with Gasteiger partial charge in [0.15, 0.2) is 0 Å². The molecule has 0 heterocycles. The Morgan fingerprint density at radius 2 is 2.09 bits per heavy atom. The topological polar surface area (TPSA) is 64.6 Å². The van der Waals surface area contributed by atoms with Crippen molar-refractivity contribution in [1.82, 2.24) is 10.2 Å². The summed E-state index contributed by atoms with van der Waals surface area (Å²) >= 11 is 0. The molecule has 0 bridgehead atoms. The summed E-state index contributed by atoms with van der Waals surface area (Å²) in [7, 11) is 4.03. The second-order valence-electron chi connectivity index (χ2n) is 5.94. The Labute approximate surface area is 133 Å². The number of hydrogen-bond donors (Lipinski definition) is 3. The van der Waals surface area contributed by atoms with Crippen molar-refractivity contribution in [3.63, 3.8) is 0 Å². The van der Waals surface area contributed by atoms with Crippen LogP contribution in [0.2, 0.25) is 0 Å². The molecule has 2 amide bonds. The first-order valence-electron chi connectivity index (χ1n) is 7.94. The number of carbonyl (C=O) groups is 1. The van der Waals surface area contributed by atoms with E-state index in [2.05, 4.69) is 22.5 Å². The maximum Gasteiger partial charge on any atom is 0.319 e. The fourth-order valence-corrected chi connectivity index (χ4v) is 2.46. The lowest BCUT2D eigenvalue weighted by atomic mass is 10.0. The SMILES string of the molecule is CCCC(CCO)CNC(=O)Nc1cccc(CN(C)C)c1. The first kappa shape index (κ1) is 18.5. The molecule has 5 nitrogen and oxygen atoms in total. The summed E-state index contributed by atoms with van der Waals surface area (Å²) in [6.45, 7) is 3.71.